The van der Waals surface area contributed by atoms with Crippen molar-refractivity contribution in [3.63, 3.8) is 0 Å². The summed E-state index contributed by atoms with van der Waals surface area (Å²) in [6.07, 6.45) is 0. The van der Waals surface area contributed by atoms with Crippen LogP contribution in [-0.4, -0.2) is 11.8 Å². The van der Waals surface area contributed by atoms with Crippen molar-refractivity contribution < 1.29 is 9.59 Å². The Morgan fingerprint density at radius 1 is 0.900 bits per heavy atom. The quantitative estimate of drug-likeness (QED) is 0.828. The molecule has 0 heterocycles. The number of carbonyl (C=O) groups is 2. The summed E-state index contributed by atoms with van der Waals surface area (Å²) in [5.74, 6) is -1.40. The molecule has 0 saturated carbocycles. The molecule has 0 fully saturated rings. The predicted octanol–water partition coefficient (Wildman–Crippen LogP) is 3.33. The maximum atomic E-state index is 11.8. The van der Waals surface area contributed by atoms with E-state index in [0.29, 0.717) is 11.4 Å². The van der Waals surface area contributed by atoms with Gasteiger partial charge in [-0.2, -0.15) is 0 Å². The predicted molar refractivity (Wildman–Crippen MR) is 82.6 cm³/mol. The SMILES string of the molecule is Cc1cccc(NC(=O)C(=O)Nc2cccc(Br)c2)c1. The van der Waals surface area contributed by atoms with Crippen LogP contribution in [0.1, 0.15) is 5.56 Å². The number of hydrogen-bond acceptors (Lipinski definition) is 2. The van der Waals surface area contributed by atoms with E-state index < -0.39 is 11.8 Å². The van der Waals surface area contributed by atoms with E-state index in [1.807, 2.05) is 25.1 Å². The summed E-state index contributed by atoms with van der Waals surface area (Å²) in [5.41, 5.74) is 2.17. The van der Waals surface area contributed by atoms with Crippen LogP contribution in [0.25, 0.3) is 0 Å². The third-order valence-electron chi connectivity index (χ3n) is 2.56. The average Bonchev–Trinajstić information content (AvgIpc) is 2.38. The number of rotatable bonds is 2. The molecule has 2 rings (SSSR count). The molecule has 0 aliphatic carbocycles. The van der Waals surface area contributed by atoms with E-state index in [4.69, 9.17) is 0 Å². The van der Waals surface area contributed by atoms with Gasteiger partial charge in [0.15, 0.2) is 0 Å². The molecule has 2 aromatic carbocycles. The highest BCUT2D eigenvalue weighted by molar-refractivity contribution is 9.10. The second-order valence-corrected chi connectivity index (χ2v) is 5.20. The zero-order chi connectivity index (χ0) is 14.5. The minimum atomic E-state index is -0.704. The number of carbonyl (C=O) groups excluding carboxylic acids is 2. The molecule has 2 aromatic rings. The second-order valence-electron chi connectivity index (χ2n) is 4.29. The van der Waals surface area contributed by atoms with Gasteiger partial charge in [0.2, 0.25) is 0 Å². The summed E-state index contributed by atoms with van der Waals surface area (Å²) in [5, 5.41) is 5.09. The van der Waals surface area contributed by atoms with Crippen molar-refractivity contribution in [3.8, 4) is 0 Å². The van der Waals surface area contributed by atoms with Crippen LogP contribution in [0.2, 0.25) is 0 Å². The maximum Gasteiger partial charge on any atom is 0.314 e. The molecule has 102 valence electrons. The van der Waals surface area contributed by atoms with Crippen molar-refractivity contribution in [1.29, 1.82) is 0 Å². The zero-order valence-corrected chi connectivity index (χ0v) is 12.4. The van der Waals surface area contributed by atoms with Crippen LogP contribution >= 0.6 is 15.9 Å². The first-order chi connectivity index (χ1) is 9.54. The fourth-order valence-corrected chi connectivity index (χ4v) is 2.06. The van der Waals surface area contributed by atoms with E-state index in [9.17, 15) is 9.59 Å². The van der Waals surface area contributed by atoms with Gasteiger partial charge in [-0.1, -0.05) is 34.1 Å². The van der Waals surface area contributed by atoms with E-state index in [-0.39, 0.29) is 0 Å². The Labute approximate surface area is 125 Å². The van der Waals surface area contributed by atoms with Gasteiger partial charge < -0.3 is 10.6 Å². The lowest BCUT2D eigenvalue weighted by atomic mass is 10.2. The molecule has 4 nitrogen and oxygen atoms in total. The van der Waals surface area contributed by atoms with Gasteiger partial charge in [-0.3, -0.25) is 9.59 Å². The van der Waals surface area contributed by atoms with E-state index in [1.165, 1.54) is 0 Å². The van der Waals surface area contributed by atoms with Crippen LogP contribution in [0.3, 0.4) is 0 Å². The largest absolute Gasteiger partial charge is 0.318 e. The minimum absolute atomic E-state index is 0.559. The highest BCUT2D eigenvalue weighted by Gasteiger charge is 2.14. The molecule has 0 spiro atoms. The zero-order valence-electron chi connectivity index (χ0n) is 10.8. The van der Waals surface area contributed by atoms with Crippen LogP contribution in [-0.2, 0) is 9.59 Å². The Kier molecular flexibility index (Phi) is 4.53. The van der Waals surface area contributed by atoms with Crippen molar-refractivity contribution in [2.24, 2.45) is 0 Å². The fourth-order valence-electron chi connectivity index (χ4n) is 1.66. The summed E-state index contributed by atoms with van der Waals surface area (Å²) in [7, 11) is 0. The third kappa shape index (κ3) is 3.93. The van der Waals surface area contributed by atoms with Crippen LogP contribution < -0.4 is 10.6 Å². The maximum absolute atomic E-state index is 11.8. The molecule has 0 unspecified atom stereocenters. The van der Waals surface area contributed by atoms with Crippen LogP contribution in [0.5, 0.6) is 0 Å². The lowest BCUT2D eigenvalue weighted by Gasteiger charge is -2.07. The number of nitrogens with one attached hydrogen (secondary N) is 2. The Bertz CT molecular complexity index is 598. The van der Waals surface area contributed by atoms with Crippen LogP contribution in [0.4, 0.5) is 11.4 Å². The molecule has 0 aliphatic rings. The van der Waals surface area contributed by atoms with E-state index in [2.05, 4.69) is 26.6 Å². The first-order valence-corrected chi connectivity index (χ1v) is 6.78. The molecule has 0 saturated heterocycles. The van der Waals surface area contributed by atoms with Gasteiger partial charge in [-0.05, 0) is 42.8 Å². The molecule has 20 heavy (non-hydrogen) atoms. The van der Waals surface area contributed by atoms with Gasteiger partial charge in [0.25, 0.3) is 0 Å². The van der Waals surface area contributed by atoms with Crippen molar-refractivity contribution in [2.75, 3.05) is 10.6 Å². The van der Waals surface area contributed by atoms with Gasteiger partial charge in [0.05, 0.1) is 0 Å². The Morgan fingerprint density at radius 3 is 2.00 bits per heavy atom. The fraction of sp³-hybridized carbons (Fsp3) is 0.0667. The van der Waals surface area contributed by atoms with Crippen LogP contribution in [0.15, 0.2) is 53.0 Å². The Morgan fingerprint density at radius 2 is 1.45 bits per heavy atom. The monoisotopic (exact) mass is 332 g/mol. The van der Waals surface area contributed by atoms with Crippen molar-refractivity contribution in [3.05, 3.63) is 58.6 Å². The van der Waals surface area contributed by atoms with Crippen molar-refractivity contribution in [2.45, 2.75) is 6.92 Å². The average molecular weight is 333 g/mol. The summed E-state index contributed by atoms with van der Waals surface area (Å²) >= 11 is 3.30. The molecule has 2 N–H and O–H groups in total. The van der Waals surface area contributed by atoms with Gasteiger partial charge in [-0.25, -0.2) is 0 Å². The number of anilines is 2. The number of benzene rings is 2. The number of hydrogen-bond donors (Lipinski definition) is 2. The first kappa shape index (κ1) is 14.3. The molecule has 0 radical (unpaired) electrons. The number of aryl methyl sites for hydroxylation is 1. The molecule has 0 atom stereocenters. The highest BCUT2D eigenvalue weighted by atomic mass is 79.9. The summed E-state index contributed by atoms with van der Waals surface area (Å²) in [6.45, 7) is 1.91. The summed E-state index contributed by atoms with van der Waals surface area (Å²) in [4.78, 5) is 23.6. The molecular formula is C15H13BrN2O2. The first-order valence-electron chi connectivity index (χ1n) is 5.99. The second kappa shape index (κ2) is 6.34. The van der Waals surface area contributed by atoms with Crippen molar-refractivity contribution >= 4 is 39.1 Å². The van der Waals surface area contributed by atoms with Gasteiger partial charge in [0, 0.05) is 15.8 Å². The molecule has 5 heteroatoms. The minimum Gasteiger partial charge on any atom is -0.318 e. The lowest BCUT2D eigenvalue weighted by Crippen LogP contribution is -2.29. The topological polar surface area (TPSA) is 58.2 Å². The summed E-state index contributed by atoms with van der Waals surface area (Å²) < 4.78 is 0.828. The van der Waals surface area contributed by atoms with Crippen LogP contribution in [0, 0.1) is 6.92 Å². The molecule has 0 bridgehead atoms. The lowest BCUT2D eigenvalue weighted by molar-refractivity contribution is -0.132. The Balaban J connectivity index is 2.01. The van der Waals surface area contributed by atoms with Gasteiger partial charge in [-0.15, -0.1) is 0 Å². The Hall–Kier alpha value is -2.14. The molecule has 2 amide bonds. The highest BCUT2D eigenvalue weighted by Crippen LogP contribution is 2.15. The normalized spacial score (nSPS) is 9.90. The van der Waals surface area contributed by atoms with Gasteiger partial charge >= 0.3 is 11.8 Å². The number of halogens is 1. The van der Waals surface area contributed by atoms with E-state index >= 15 is 0 Å². The molecule has 0 aromatic heterocycles. The van der Waals surface area contributed by atoms with E-state index in [1.54, 1.807) is 30.3 Å². The van der Waals surface area contributed by atoms with E-state index in [0.717, 1.165) is 10.0 Å². The molecular weight excluding hydrogens is 320 g/mol. The van der Waals surface area contributed by atoms with Crippen molar-refractivity contribution in [1.82, 2.24) is 0 Å². The third-order valence-corrected chi connectivity index (χ3v) is 3.06. The molecule has 0 aliphatic heterocycles. The standard InChI is InChI=1S/C15H13BrN2O2/c1-10-4-2-6-12(8-10)17-14(19)15(20)18-13-7-3-5-11(16)9-13/h2-9H,1H3,(H,17,19)(H,18,20). The summed E-state index contributed by atoms with van der Waals surface area (Å²) in [6, 6.07) is 14.3. The number of amides is 2. The van der Waals surface area contributed by atoms with Gasteiger partial charge in [0.1, 0.15) is 0 Å². The smallest absolute Gasteiger partial charge is 0.314 e.